The molecule has 0 aliphatic carbocycles. The van der Waals surface area contributed by atoms with Crippen LogP contribution in [0.1, 0.15) is 27.0 Å². The van der Waals surface area contributed by atoms with Crippen LogP contribution in [0, 0.1) is 13.8 Å². The Balaban J connectivity index is 2.23. The Morgan fingerprint density at radius 1 is 0.870 bits per heavy atom. The number of aliphatic imine (C=N–C) groups is 2. The van der Waals surface area contributed by atoms with Crippen molar-refractivity contribution in [3.8, 4) is 0 Å². The van der Waals surface area contributed by atoms with Crippen molar-refractivity contribution in [1.82, 2.24) is 0 Å². The van der Waals surface area contributed by atoms with Crippen LogP contribution in [0.4, 0.5) is 5.69 Å². The summed E-state index contributed by atoms with van der Waals surface area (Å²) >= 11 is 0. The molecule has 6 N–H and O–H groups in total. The molecule has 0 saturated heterocycles. The summed E-state index contributed by atoms with van der Waals surface area (Å²) in [4.78, 5) is 20.1. The number of hydrogen-bond acceptors (Lipinski definition) is 2. The molecule has 2 rings (SSSR count). The van der Waals surface area contributed by atoms with Crippen molar-refractivity contribution in [3.05, 3.63) is 64.7 Å². The van der Waals surface area contributed by atoms with Gasteiger partial charge in [-0.15, -0.1) is 0 Å². The highest BCUT2D eigenvalue weighted by Gasteiger charge is 2.09. The maximum atomic E-state index is 12.5. The van der Waals surface area contributed by atoms with E-state index in [9.17, 15) is 4.79 Å². The highest BCUT2D eigenvalue weighted by atomic mass is 16.1. The first kappa shape index (κ1) is 16.2. The van der Waals surface area contributed by atoms with Crippen molar-refractivity contribution in [1.29, 1.82) is 0 Å². The zero-order valence-corrected chi connectivity index (χ0v) is 13.1. The van der Waals surface area contributed by atoms with Crippen LogP contribution < -0.4 is 17.2 Å². The molecule has 0 fully saturated rings. The number of benzene rings is 2. The van der Waals surface area contributed by atoms with Gasteiger partial charge in [0, 0.05) is 11.1 Å². The molecule has 0 bridgehead atoms. The number of ketones is 1. The summed E-state index contributed by atoms with van der Waals surface area (Å²) < 4.78 is 0. The number of hydrogen-bond donors (Lipinski definition) is 3. The zero-order valence-electron chi connectivity index (χ0n) is 13.1. The summed E-state index contributed by atoms with van der Waals surface area (Å²) in [6.07, 6.45) is 0. The van der Waals surface area contributed by atoms with Gasteiger partial charge < -0.3 is 17.2 Å². The minimum absolute atomic E-state index is 0.0409. The normalized spacial score (nSPS) is 11.1. The first-order chi connectivity index (χ1) is 10.9. The molecule has 23 heavy (non-hydrogen) atoms. The molecule has 6 heteroatoms. The number of rotatable bonds is 3. The Kier molecular flexibility index (Phi) is 4.75. The van der Waals surface area contributed by atoms with Gasteiger partial charge in [-0.25, -0.2) is 4.99 Å². The van der Waals surface area contributed by atoms with Gasteiger partial charge in [-0.3, -0.25) is 4.79 Å². The summed E-state index contributed by atoms with van der Waals surface area (Å²) in [5.41, 5.74) is 20.0. The Labute approximate surface area is 134 Å². The van der Waals surface area contributed by atoms with E-state index in [1.807, 2.05) is 32.0 Å². The number of nitrogens with zero attached hydrogens (tertiary/aromatic N) is 2. The third-order valence-corrected chi connectivity index (χ3v) is 3.39. The molecule has 0 aliphatic heterocycles. The Bertz CT molecular complexity index is 787. The van der Waals surface area contributed by atoms with Crippen LogP contribution in [0.2, 0.25) is 0 Å². The lowest BCUT2D eigenvalue weighted by molar-refractivity contribution is 0.103. The fourth-order valence-corrected chi connectivity index (χ4v) is 2.03. The first-order valence-electron chi connectivity index (χ1n) is 7.02. The lowest BCUT2D eigenvalue weighted by atomic mass is 9.99. The second kappa shape index (κ2) is 6.74. The number of aryl methyl sites for hydroxylation is 2. The summed E-state index contributed by atoms with van der Waals surface area (Å²) in [5.74, 6) is -0.244. The fraction of sp³-hybridized carbons (Fsp3) is 0.118. The van der Waals surface area contributed by atoms with Crippen molar-refractivity contribution in [2.45, 2.75) is 13.8 Å². The number of carbonyl (C=O) groups excluding carboxylic acids is 1. The average Bonchev–Trinajstić information content (AvgIpc) is 2.49. The SMILES string of the molecule is Cc1ccc(C(=O)c2ccc(N=C(N)N=C(N)N)cc2)cc1C. The molecule has 2 aromatic rings. The lowest BCUT2D eigenvalue weighted by Gasteiger charge is -2.05. The quantitative estimate of drug-likeness (QED) is 0.454. The van der Waals surface area contributed by atoms with Crippen molar-refractivity contribution in [2.75, 3.05) is 0 Å². The molecule has 0 saturated carbocycles. The smallest absolute Gasteiger partial charge is 0.223 e. The maximum Gasteiger partial charge on any atom is 0.223 e. The van der Waals surface area contributed by atoms with Gasteiger partial charge in [-0.05, 0) is 55.3 Å². The molecule has 0 heterocycles. The van der Waals surface area contributed by atoms with Gasteiger partial charge in [0.05, 0.1) is 5.69 Å². The van der Waals surface area contributed by atoms with E-state index in [2.05, 4.69) is 9.98 Å². The Hall–Kier alpha value is -3.15. The number of carbonyl (C=O) groups is 1. The van der Waals surface area contributed by atoms with Gasteiger partial charge >= 0.3 is 0 Å². The van der Waals surface area contributed by atoms with E-state index in [-0.39, 0.29) is 17.7 Å². The molecule has 0 atom stereocenters. The van der Waals surface area contributed by atoms with Gasteiger partial charge in [-0.2, -0.15) is 4.99 Å². The number of guanidine groups is 2. The minimum Gasteiger partial charge on any atom is -0.370 e. The first-order valence-corrected chi connectivity index (χ1v) is 7.02. The molecular formula is C17H19N5O. The second-order valence-corrected chi connectivity index (χ2v) is 5.18. The van der Waals surface area contributed by atoms with E-state index in [0.717, 1.165) is 11.1 Å². The predicted octanol–water partition coefficient (Wildman–Crippen LogP) is 1.75. The van der Waals surface area contributed by atoms with Gasteiger partial charge in [0.1, 0.15) is 0 Å². The summed E-state index contributed by atoms with van der Waals surface area (Å²) in [7, 11) is 0. The maximum absolute atomic E-state index is 12.5. The van der Waals surface area contributed by atoms with Crippen LogP contribution in [-0.4, -0.2) is 17.7 Å². The third-order valence-electron chi connectivity index (χ3n) is 3.39. The van der Waals surface area contributed by atoms with Crippen LogP contribution in [0.3, 0.4) is 0 Å². The van der Waals surface area contributed by atoms with Gasteiger partial charge in [0.15, 0.2) is 11.7 Å². The highest BCUT2D eigenvalue weighted by molar-refractivity contribution is 6.09. The highest BCUT2D eigenvalue weighted by Crippen LogP contribution is 2.18. The van der Waals surface area contributed by atoms with Crippen LogP contribution in [0.5, 0.6) is 0 Å². The second-order valence-electron chi connectivity index (χ2n) is 5.18. The lowest BCUT2D eigenvalue weighted by Crippen LogP contribution is -2.26. The molecule has 0 unspecified atom stereocenters. The van der Waals surface area contributed by atoms with E-state index in [1.165, 1.54) is 0 Å². The van der Waals surface area contributed by atoms with Crippen LogP contribution in [-0.2, 0) is 0 Å². The monoisotopic (exact) mass is 309 g/mol. The van der Waals surface area contributed by atoms with E-state index >= 15 is 0 Å². The fourth-order valence-electron chi connectivity index (χ4n) is 2.03. The Morgan fingerprint density at radius 2 is 1.48 bits per heavy atom. The van der Waals surface area contributed by atoms with Gasteiger partial charge in [0.25, 0.3) is 0 Å². The predicted molar refractivity (Wildman–Crippen MR) is 92.9 cm³/mol. The molecular weight excluding hydrogens is 290 g/mol. The summed E-state index contributed by atoms with van der Waals surface area (Å²) in [6.45, 7) is 3.99. The topological polar surface area (TPSA) is 120 Å². The van der Waals surface area contributed by atoms with Crippen molar-refractivity contribution in [3.63, 3.8) is 0 Å². The van der Waals surface area contributed by atoms with Crippen molar-refractivity contribution in [2.24, 2.45) is 27.2 Å². The molecule has 2 aromatic carbocycles. The van der Waals surface area contributed by atoms with Gasteiger partial charge in [-0.1, -0.05) is 12.1 Å². The largest absolute Gasteiger partial charge is 0.370 e. The van der Waals surface area contributed by atoms with E-state index in [4.69, 9.17) is 17.2 Å². The van der Waals surface area contributed by atoms with Crippen LogP contribution >= 0.6 is 0 Å². The molecule has 0 amide bonds. The molecule has 118 valence electrons. The summed E-state index contributed by atoms with van der Waals surface area (Å²) in [5, 5.41) is 0. The van der Waals surface area contributed by atoms with Crippen LogP contribution in [0.25, 0.3) is 0 Å². The third kappa shape index (κ3) is 4.16. The average molecular weight is 309 g/mol. The molecule has 0 radical (unpaired) electrons. The van der Waals surface area contributed by atoms with Gasteiger partial charge in [0.2, 0.25) is 5.96 Å². The Morgan fingerprint density at radius 3 is 2.04 bits per heavy atom. The van der Waals surface area contributed by atoms with Crippen molar-refractivity contribution >= 4 is 23.4 Å². The molecule has 0 aromatic heterocycles. The molecule has 0 aliphatic rings. The summed E-state index contributed by atoms with van der Waals surface area (Å²) in [6, 6.07) is 12.4. The molecule has 6 nitrogen and oxygen atoms in total. The standard InChI is InChI=1S/C17H19N5O/c1-10-3-4-13(9-11(10)2)15(23)12-5-7-14(8-6-12)21-17(20)22-16(18)19/h3-9H,1-2H3,(H6,18,19,20,21,22). The molecule has 0 spiro atoms. The van der Waals surface area contributed by atoms with Crippen molar-refractivity contribution < 1.29 is 4.79 Å². The van der Waals surface area contributed by atoms with E-state index < -0.39 is 0 Å². The van der Waals surface area contributed by atoms with Crippen LogP contribution in [0.15, 0.2) is 52.4 Å². The van der Waals surface area contributed by atoms with E-state index in [1.54, 1.807) is 24.3 Å². The number of nitrogens with two attached hydrogens (primary N) is 3. The van der Waals surface area contributed by atoms with E-state index in [0.29, 0.717) is 16.8 Å². The zero-order chi connectivity index (χ0) is 17.0. The minimum atomic E-state index is -0.159.